The maximum Gasteiger partial charge on any atom is 0.508 e. The second-order valence-electron chi connectivity index (χ2n) is 6.29. The Morgan fingerprint density at radius 2 is 1.76 bits per heavy atom. The Hall–Kier alpha value is -2.10. The van der Waals surface area contributed by atoms with Gasteiger partial charge in [0, 0.05) is 12.8 Å². The van der Waals surface area contributed by atoms with E-state index >= 15 is 0 Å². The summed E-state index contributed by atoms with van der Waals surface area (Å²) in [7, 11) is 1.28. The van der Waals surface area contributed by atoms with Crippen molar-refractivity contribution in [1.29, 1.82) is 0 Å². The van der Waals surface area contributed by atoms with E-state index < -0.39 is 6.16 Å². The molecule has 0 saturated heterocycles. The molecule has 0 aliphatic carbocycles. The van der Waals surface area contributed by atoms with Gasteiger partial charge in [0.15, 0.2) is 0 Å². The molecule has 0 aliphatic heterocycles. The predicted octanol–water partition coefficient (Wildman–Crippen LogP) is 5.04. The maximum absolute atomic E-state index is 12.0. The zero-order valence-corrected chi connectivity index (χ0v) is 15.5. The summed E-state index contributed by atoms with van der Waals surface area (Å²) in [5.41, 5.74) is 3.08. The minimum Gasteiger partial charge on any atom is -0.438 e. The number of methoxy groups -OCH3 is 1. The molecule has 0 amide bonds. The summed E-state index contributed by atoms with van der Waals surface area (Å²) in [5.74, 6) is 0.332. The van der Waals surface area contributed by atoms with Crippen LogP contribution in [0.4, 0.5) is 4.79 Å². The summed E-state index contributed by atoms with van der Waals surface area (Å²) in [6.45, 7) is 6.26. The normalized spacial score (nSPS) is 10.3. The van der Waals surface area contributed by atoms with Crippen molar-refractivity contribution in [2.24, 2.45) is 0 Å². The van der Waals surface area contributed by atoms with Crippen molar-refractivity contribution in [3.05, 3.63) is 47.5 Å². The van der Waals surface area contributed by atoms with Gasteiger partial charge in [0.05, 0.1) is 7.11 Å². The van der Waals surface area contributed by atoms with Gasteiger partial charge >= 0.3 is 6.16 Å². The topological polar surface area (TPSA) is 52.6 Å². The van der Waals surface area contributed by atoms with Gasteiger partial charge in [-0.25, -0.2) is 4.79 Å². The predicted molar refractivity (Wildman–Crippen MR) is 99.7 cm³/mol. The standard InChI is InChI=1S/C21H30O4/c1-4-5-6-7-12-20(22)14-13-18-10-8-9-11-19(18)15-17(2)16-25-21(23)24-3/h8-11H,2,4-7,12-16H2,1,3H3. The van der Waals surface area contributed by atoms with E-state index in [1.54, 1.807) is 0 Å². The van der Waals surface area contributed by atoms with E-state index in [-0.39, 0.29) is 6.61 Å². The lowest BCUT2D eigenvalue weighted by molar-refractivity contribution is -0.119. The monoisotopic (exact) mass is 346 g/mol. The lowest BCUT2D eigenvalue weighted by Gasteiger charge is -2.11. The van der Waals surface area contributed by atoms with Gasteiger partial charge in [0.2, 0.25) is 0 Å². The van der Waals surface area contributed by atoms with Crippen LogP contribution in [-0.4, -0.2) is 25.7 Å². The quantitative estimate of drug-likeness (QED) is 0.302. The molecule has 138 valence electrons. The van der Waals surface area contributed by atoms with E-state index in [4.69, 9.17) is 4.74 Å². The molecular formula is C21H30O4. The Kier molecular flexibility index (Phi) is 10.3. The Morgan fingerprint density at radius 1 is 1.04 bits per heavy atom. The molecule has 0 unspecified atom stereocenters. The number of rotatable bonds is 12. The largest absolute Gasteiger partial charge is 0.508 e. The van der Waals surface area contributed by atoms with Crippen LogP contribution in [0.3, 0.4) is 0 Å². The molecule has 0 saturated carbocycles. The molecule has 0 heterocycles. The first-order chi connectivity index (χ1) is 12.1. The maximum atomic E-state index is 12.0. The van der Waals surface area contributed by atoms with Gasteiger partial charge in [0.25, 0.3) is 0 Å². The summed E-state index contributed by atoms with van der Waals surface area (Å²) in [6.07, 6.45) is 6.44. The number of aryl methyl sites for hydroxylation is 1. The van der Waals surface area contributed by atoms with Gasteiger partial charge in [0.1, 0.15) is 12.4 Å². The molecule has 4 heteroatoms. The van der Waals surface area contributed by atoms with Crippen LogP contribution in [0.1, 0.15) is 56.6 Å². The van der Waals surface area contributed by atoms with E-state index in [2.05, 4.69) is 18.2 Å². The highest BCUT2D eigenvalue weighted by Crippen LogP contribution is 2.16. The first kappa shape index (κ1) is 20.9. The van der Waals surface area contributed by atoms with Gasteiger partial charge in [-0.1, -0.05) is 57.0 Å². The smallest absolute Gasteiger partial charge is 0.438 e. The average Bonchev–Trinajstić information content (AvgIpc) is 2.62. The molecule has 4 nitrogen and oxygen atoms in total. The molecule has 1 aromatic rings. The zero-order valence-electron chi connectivity index (χ0n) is 15.5. The number of Topliss-reactive ketones (excluding diaryl/α,β-unsaturated/α-hetero) is 1. The average molecular weight is 346 g/mol. The number of benzene rings is 1. The second-order valence-corrected chi connectivity index (χ2v) is 6.29. The number of hydrogen-bond acceptors (Lipinski definition) is 4. The third kappa shape index (κ3) is 9.08. The highest BCUT2D eigenvalue weighted by Gasteiger charge is 2.09. The van der Waals surface area contributed by atoms with Gasteiger partial charge < -0.3 is 9.47 Å². The van der Waals surface area contributed by atoms with Gasteiger partial charge in [-0.05, 0) is 36.0 Å². The SMILES string of the molecule is C=C(COC(=O)OC)Cc1ccccc1CCC(=O)CCCCCC. The third-order valence-corrected chi connectivity index (χ3v) is 4.10. The molecule has 1 aromatic carbocycles. The first-order valence-electron chi connectivity index (χ1n) is 9.02. The molecular weight excluding hydrogens is 316 g/mol. The number of ether oxygens (including phenoxy) is 2. The van der Waals surface area contributed by atoms with Crippen LogP contribution in [0.15, 0.2) is 36.4 Å². The summed E-state index contributed by atoms with van der Waals surface area (Å²) in [5, 5.41) is 0. The minimum absolute atomic E-state index is 0.136. The number of ketones is 1. The first-order valence-corrected chi connectivity index (χ1v) is 9.02. The van der Waals surface area contributed by atoms with Crippen LogP contribution in [-0.2, 0) is 27.1 Å². The van der Waals surface area contributed by atoms with Crippen molar-refractivity contribution >= 4 is 11.9 Å². The van der Waals surface area contributed by atoms with Crippen molar-refractivity contribution in [2.45, 2.75) is 58.3 Å². The van der Waals surface area contributed by atoms with Crippen molar-refractivity contribution in [2.75, 3.05) is 13.7 Å². The highest BCUT2D eigenvalue weighted by atomic mass is 16.7. The van der Waals surface area contributed by atoms with Crippen LogP contribution >= 0.6 is 0 Å². The van der Waals surface area contributed by atoms with Crippen LogP contribution in [0, 0.1) is 0 Å². The lowest BCUT2D eigenvalue weighted by Crippen LogP contribution is -2.09. The Labute approximate surface area is 151 Å². The van der Waals surface area contributed by atoms with Crippen molar-refractivity contribution in [1.82, 2.24) is 0 Å². The van der Waals surface area contributed by atoms with Crippen LogP contribution in [0.2, 0.25) is 0 Å². The molecule has 0 aliphatic rings. The fourth-order valence-electron chi connectivity index (χ4n) is 2.66. The molecule has 1 rings (SSSR count). The van der Waals surface area contributed by atoms with Gasteiger partial charge in [-0.3, -0.25) is 4.79 Å². The van der Waals surface area contributed by atoms with Crippen molar-refractivity contribution in [3.8, 4) is 0 Å². The highest BCUT2D eigenvalue weighted by molar-refractivity contribution is 5.78. The van der Waals surface area contributed by atoms with E-state index in [1.165, 1.54) is 20.0 Å². The zero-order chi connectivity index (χ0) is 18.5. The molecule has 0 N–H and O–H groups in total. The van der Waals surface area contributed by atoms with Crippen LogP contribution < -0.4 is 0 Å². The fourth-order valence-corrected chi connectivity index (χ4v) is 2.66. The molecule has 25 heavy (non-hydrogen) atoms. The van der Waals surface area contributed by atoms with Crippen molar-refractivity contribution in [3.63, 3.8) is 0 Å². The third-order valence-electron chi connectivity index (χ3n) is 4.10. The summed E-state index contributed by atoms with van der Waals surface area (Å²) in [4.78, 5) is 23.1. The Balaban J connectivity index is 2.46. The second kappa shape index (κ2) is 12.3. The fraction of sp³-hybridized carbons (Fsp3) is 0.524. The molecule has 0 bridgehead atoms. The number of carbonyl (C=O) groups is 2. The number of hydrogen-bond donors (Lipinski definition) is 0. The Bertz CT molecular complexity index is 563. The molecule has 0 spiro atoms. The van der Waals surface area contributed by atoms with Crippen molar-refractivity contribution < 1.29 is 19.1 Å². The van der Waals surface area contributed by atoms with Crippen LogP contribution in [0.25, 0.3) is 0 Å². The van der Waals surface area contributed by atoms with Gasteiger partial charge in [-0.15, -0.1) is 0 Å². The summed E-state index contributed by atoms with van der Waals surface area (Å²) in [6, 6.07) is 8.04. The van der Waals surface area contributed by atoms with E-state index in [0.717, 1.165) is 36.0 Å². The Morgan fingerprint density at radius 3 is 2.44 bits per heavy atom. The number of unbranched alkanes of at least 4 members (excludes halogenated alkanes) is 3. The van der Waals surface area contributed by atoms with Gasteiger partial charge in [-0.2, -0.15) is 0 Å². The molecule has 0 fully saturated rings. The lowest BCUT2D eigenvalue weighted by atomic mass is 9.96. The molecule has 0 radical (unpaired) electrons. The summed E-state index contributed by atoms with van der Waals surface area (Å²) < 4.78 is 9.36. The van der Waals surface area contributed by atoms with E-state index in [1.807, 2.05) is 24.3 Å². The number of carbonyl (C=O) groups excluding carboxylic acids is 2. The van der Waals surface area contributed by atoms with E-state index in [9.17, 15) is 9.59 Å². The minimum atomic E-state index is -0.705. The summed E-state index contributed by atoms with van der Waals surface area (Å²) >= 11 is 0. The van der Waals surface area contributed by atoms with E-state index in [0.29, 0.717) is 25.0 Å². The molecule has 0 atom stereocenters. The molecule has 0 aromatic heterocycles. The van der Waals surface area contributed by atoms with Crippen LogP contribution in [0.5, 0.6) is 0 Å².